The number of pyridine rings is 1. The maximum Gasteiger partial charge on any atom is 0.146 e. The molecule has 3 rings (SSSR count). The topological polar surface area (TPSA) is 45.4 Å². The Kier molecular flexibility index (Phi) is 4.01. The van der Waals surface area contributed by atoms with Crippen LogP contribution in [0.2, 0.25) is 0 Å². The van der Waals surface area contributed by atoms with E-state index in [0.29, 0.717) is 11.4 Å². The van der Waals surface area contributed by atoms with Crippen molar-refractivity contribution in [3.63, 3.8) is 0 Å². The van der Waals surface area contributed by atoms with Crippen LogP contribution in [0.1, 0.15) is 5.69 Å². The molecule has 0 amide bonds. The van der Waals surface area contributed by atoms with Gasteiger partial charge in [-0.1, -0.05) is 12.1 Å². The quantitative estimate of drug-likeness (QED) is 0.939. The molecule has 1 aliphatic heterocycles. The van der Waals surface area contributed by atoms with Gasteiger partial charge in [-0.15, -0.1) is 0 Å². The Labute approximate surface area is 124 Å². The molecule has 0 spiro atoms. The van der Waals surface area contributed by atoms with E-state index >= 15 is 0 Å². The smallest absolute Gasteiger partial charge is 0.146 e. The van der Waals surface area contributed by atoms with Crippen LogP contribution < -0.4 is 10.6 Å². The van der Waals surface area contributed by atoms with E-state index in [1.165, 1.54) is 6.07 Å². The molecule has 0 saturated carbocycles. The van der Waals surface area contributed by atoms with Crippen molar-refractivity contribution < 1.29 is 4.39 Å². The largest absolute Gasteiger partial charge is 0.397 e. The van der Waals surface area contributed by atoms with Crippen LogP contribution in [-0.4, -0.2) is 36.1 Å². The van der Waals surface area contributed by atoms with Gasteiger partial charge in [0, 0.05) is 32.7 Å². The van der Waals surface area contributed by atoms with E-state index < -0.39 is 0 Å². The van der Waals surface area contributed by atoms with Crippen LogP contribution in [0.3, 0.4) is 0 Å². The van der Waals surface area contributed by atoms with E-state index in [-0.39, 0.29) is 5.82 Å². The molecule has 0 radical (unpaired) electrons. The first-order valence-corrected chi connectivity index (χ1v) is 7.14. The first kappa shape index (κ1) is 13.8. The molecule has 1 aromatic heterocycles. The highest BCUT2D eigenvalue weighted by molar-refractivity contribution is 5.48. The average Bonchev–Trinajstić information content (AvgIpc) is 2.51. The van der Waals surface area contributed by atoms with Crippen LogP contribution in [0.5, 0.6) is 0 Å². The molecule has 0 unspecified atom stereocenters. The number of nitrogen functional groups attached to an aromatic ring is 1. The summed E-state index contributed by atoms with van der Waals surface area (Å²) in [5, 5.41) is 0. The van der Waals surface area contributed by atoms with Crippen LogP contribution in [0.25, 0.3) is 0 Å². The molecule has 21 heavy (non-hydrogen) atoms. The molecule has 1 saturated heterocycles. The number of benzene rings is 1. The maximum absolute atomic E-state index is 13.8. The lowest BCUT2D eigenvalue weighted by molar-refractivity contribution is 0.246. The van der Waals surface area contributed by atoms with Crippen LogP contribution in [-0.2, 0) is 6.54 Å². The summed E-state index contributed by atoms with van der Waals surface area (Å²) < 4.78 is 13.8. The molecular weight excluding hydrogens is 267 g/mol. The van der Waals surface area contributed by atoms with Crippen molar-refractivity contribution in [2.24, 2.45) is 0 Å². The summed E-state index contributed by atoms with van der Waals surface area (Å²) in [5.74, 6) is -0.147. The van der Waals surface area contributed by atoms with Crippen molar-refractivity contribution in [2.75, 3.05) is 36.8 Å². The molecule has 2 aromatic rings. The fourth-order valence-corrected chi connectivity index (χ4v) is 2.61. The summed E-state index contributed by atoms with van der Waals surface area (Å²) >= 11 is 0. The Morgan fingerprint density at radius 2 is 1.81 bits per heavy atom. The lowest BCUT2D eigenvalue weighted by Gasteiger charge is -2.36. The second-order valence-corrected chi connectivity index (χ2v) is 5.30. The Balaban J connectivity index is 1.58. The molecule has 0 bridgehead atoms. The van der Waals surface area contributed by atoms with Gasteiger partial charge in [0.25, 0.3) is 0 Å². The average molecular weight is 286 g/mol. The number of aromatic nitrogens is 1. The van der Waals surface area contributed by atoms with E-state index in [0.717, 1.165) is 38.4 Å². The first-order chi connectivity index (χ1) is 10.2. The third-order valence-corrected chi connectivity index (χ3v) is 3.80. The maximum atomic E-state index is 13.8. The van der Waals surface area contributed by atoms with Crippen molar-refractivity contribution in [3.8, 4) is 0 Å². The highest BCUT2D eigenvalue weighted by Crippen LogP contribution is 2.20. The summed E-state index contributed by atoms with van der Waals surface area (Å²) in [6.45, 7) is 4.28. The van der Waals surface area contributed by atoms with Gasteiger partial charge in [0.05, 0.1) is 23.3 Å². The minimum atomic E-state index is -0.147. The van der Waals surface area contributed by atoms with Gasteiger partial charge in [0.2, 0.25) is 0 Å². The Bertz CT molecular complexity index is 591. The molecular formula is C16H19FN4. The summed E-state index contributed by atoms with van der Waals surface area (Å²) in [6.07, 6.45) is 1.69. The van der Waals surface area contributed by atoms with Crippen LogP contribution >= 0.6 is 0 Å². The number of anilines is 2. The normalized spacial score (nSPS) is 16.1. The molecule has 2 N–H and O–H groups in total. The molecule has 1 aliphatic rings. The lowest BCUT2D eigenvalue weighted by Crippen LogP contribution is -2.46. The molecule has 0 aliphatic carbocycles. The number of nitrogens with zero attached hydrogens (tertiary/aromatic N) is 3. The lowest BCUT2D eigenvalue weighted by atomic mass is 10.2. The molecule has 0 atom stereocenters. The Morgan fingerprint density at radius 1 is 1.05 bits per heavy atom. The standard InChI is InChI=1S/C16H19FN4/c17-15-3-1-2-4-16(15)21-9-7-20(8-10-21)12-14-6-5-13(18)11-19-14/h1-6,11H,7-10,12,18H2. The fourth-order valence-electron chi connectivity index (χ4n) is 2.61. The highest BCUT2D eigenvalue weighted by atomic mass is 19.1. The van der Waals surface area contributed by atoms with Crippen molar-refractivity contribution in [2.45, 2.75) is 6.54 Å². The van der Waals surface area contributed by atoms with Crippen molar-refractivity contribution >= 4 is 11.4 Å². The minimum Gasteiger partial charge on any atom is -0.397 e. The number of hydrogen-bond donors (Lipinski definition) is 1. The number of nitrogens with two attached hydrogens (primary N) is 1. The summed E-state index contributed by atoms with van der Waals surface area (Å²) in [5.41, 5.74) is 8.04. The monoisotopic (exact) mass is 286 g/mol. The van der Waals surface area contributed by atoms with Gasteiger partial charge in [0.1, 0.15) is 5.82 Å². The zero-order valence-corrected chi connectivity index (χ0v) is 11.9. The summed E-state index contributed by atoms with van der Waals surface area (Å²) in [4.78, 5) is 8.75. The number of hydrogen-bond acceptors (Lipinski definition) is 4. The second kappa shape index (κ2) is 6.10. The zero-order chi connectivity index (χ0) is 14.7. The molecule has 1 fully saturated rings. The van der Waals surface area contributed by atoms with E-state index in [9.17, 15) is 4.39 Å². The number of halogens is 1. The Hall–Kier alpha value is -2.14. The van der Waals surface area contributed by atoms with Gasteiger partial charge >= 0.3 is 0 Å². The van der Waals surface area contributed by atoms with Crippen molar-refractivity contribution in [1.29, 1.82) is 0 Å². The van der Waals surface area contributed by atoms with Gasteiger partial charge in [0.15, 0.2) is 0 Å². The van der Waals surface area contributed by atoms with Crippen molar-refractivity contribution in [1.82, 2.24) is 9.88 Å². The van der Waals surface area contributed by atoms with Crippen LogP contribution in [0.4, 0.5) is 15.8 Å². The zero-order valence-electron chi connectivity index (χ0n) is 11.9. The van der Waals surface area contributed by atoms with Gasteiger partial charge in [-0.25, -0.2) is 4.39 Å². The molecule has 110 valence electrons. The molecule has 2 heterocycles. The SMILES string of the molecule is Nc1ccc(CN2CCN(c3ccccc3F)CC2)nc1. The predicted molar refractivity (Wildman–Crippen MR) is 82.5 cm³/mol. The van der Waals surface area contributed by atoms with E-state index in [1.807, 2.05) is 24.3 Å². The number of rotatable bonds is 3. The summed E-state index contributed by atoms with van der Waals surface area (Å²) in [6, 6.07) is 10.8. The van der Waals surface area contributed by atoms with Crippen molar-refractivity contribution in [3.05, 3.63) is 54.1 Å². The molecule has 5 heteroatoms. The van der Waals surface area contributed by atoms with Crippen LogP contribution in [0, 0.1) is 5.82 Å². The third-order valence-electron chi connectivity index (χ3n) is 3.80. The highest BCUT2D eigenvalue weighted by Gasteiger charge is 2.19. The van der Waals surface area contributed by atoms with Crippen LogP contribution in [0.15, 0.2) is 42.6 Å². The Morgan fingerprint density at radius 3 is 2.48 bits per heavy atom. The molecule has 4 nitrogen and oxygen atoms in total. The summed E-state index contributed by atoms with van der Waals surface area (Å²) in [7, 11) is 0. The van der Waals surface area contributed by atoms with Gasteiger partial charge in [-0.05, 0) is 24.3 Å². The van der Waals surface area contributed by atoms with E-state index in [4.69, 9.17) is 5.73 Å². The molecule has 1 aromatic carbocycles. The first-order valence-electron chi connectivity index (χ1n) is 7.14. The van der Waals surface area contributed by atoms with E-state index in [2.05, 4.69) is 14.8 Å². The minimum absolute atomic E-state index is 0.147. The van der Waals surface area contributed by atoms with Gasteiger partial charge in [-0.2, -0.15) is 0 Å². The second-order valence-electron chi connectivity index (χ2n) is 5.30. The van der Waals surface area contributed by atoms with E-state index in [1.54, 1.807) is 12.3 Å². The fraction of sp³-hybridized carbons (Fsp3) is 0.312. The third kappa shape index (κ3) is 3.31. The number of piperazine rings is 1. The number of para-hydroxylation sites is 1. The predicted octanol–water partition coefficient (Wildman–Crippen LogP) is 2.13. The van der Waals surface area contributed by atoms with Gasteiger partial charge in [-0.3, -0.25) is 9.88 Å². The van der Waals surface area contributed by atoms with Gasteiger partial charge < -0.3 is 10.6 Å².